The van der Waals surface area contributed by atoms with Crippen molar-refractivity contribution in [2.24, 2.45) is 0 Å². The molecular weight excluding hydrogens is 239 g/mol. The van der Waals surface area contributed by atoms with E-state index in [9.17, 15) is 14.3 Å². The third-order valence-electron chi connectivity index (χ3n) is 3.24. The van der Waals surface area contributed by atoms with Gasteiger partial charge in [-0.25, -0.2) is 9.18 Å². The molecule has 1 atom stereocenters. The summed E-state index contributed by atoms with van der Waals surface area (Å²) in [5.74, 6) is -2.15. The summed E-state index contributed by atoms with van der Waals surface area (Å²) in [4.78, 5) is 12.6. The Labute approximate surface area is 104 Å². The number of nitrogens with zero attached hydrogens (tertiary/aromatic N) is 1. The smallest absolute Gasteiger partial charge is 0.338 e. The molecule has 2 rings (SSSR count). The van der Waals surface area contributed by atoms with Gasteiger partial charge in [-0.2, -0.15) is 0 Å². The lowest BCUT2D eigenvalue weighted by Gasteiger charge is -2.26. The molecular formula is C12H15FN2O3. The van der Waals surface area contributed by atoms with Crippen LogP contribution in [0.3, 0.4) is 0 Å². The van der Waals surface area contributed by atoms with Gasteiger partial charge in [0.2, 0.25) is 0 Å². The number of carboxylic acids is 1. The van der Waals surface area contributed by atoms with Gasteiger partial charge in [-0.15, -0.1) is 0 Å². The molecule has 18 heavy (non-hydrogen) atoms. The number of carbonyl (C=O) groups is 1. The monoisotopic (exact) mass is 254 g/mol. The molecule has 0 spiro atoms. The molecule has 1 fully saturated rings. The quantitative estimate of drug-likeness (QED) is 0.702. The van der Waals surface area contributed by atoms with Gasteiger partial charge in [0.05, 0.1) is 29.6 Å². The van der Waals surface area contributed by atoms with Crippen molar-refractivity contribution in [1.29, 1.82) is 0 Å². The summed E-state index contributed by atoms with van der Waals surface area (Å²) in [7, 11) is 0. The van der Waals surface area contributed by atoms with Crippen molar-refractivity contribution in [3.8, 4) is 0 Å². The number of hydrogen-bond acceptors (Lipinski definition) is 4. The number of carboxylic acid groups (broad SMARTS) is 1. The predicted molar refractivity (Wildman–Crippen MR) is 65.2 cm³/mol. The van der Waals surface area contributed by atoms with E-state index in [0.717, 1.165) is 25.0 Å². The lowest BCUT2D eigenvalue weighted by atomic mass is 10.1. The van der Waals surface area contributed by atoms with Gasteiger partial charge >= 0.3 is 5.97 Å². The van der Waals surface area contributed by atoms with Crippen molar-refractivity contribution in [3.05, 3.63) is 23.5 Å². The van der Waals surface area contributed by atoms with Crippen molar-refractivity contribution in [2.75, 3.05) is 23.8 Å². The summed E-state index contributed by atoms with van der Waals surface area (Å²) >= 11 is 0. The van der Waals surface area contributed by atoms with Gasteiger partial charge < -0.3 is 20.8 Å². The average Bonchev–Trinajstić information content (AvgIpc) is 2.79. The van der Waals surface area contributed by atoms with E-state index in [1.165, 1.54) is 0 Å². The highest BCUT2D eigenvalue weighted by Crippen LogP contribution is 2.32. The van der Waals surface area contributed by atoms with Crippen LogP contribution in [-0.4, -0.2) is 35.4 Å². The largest absolute Gasteiger partial charge is 0.478 e. The minimum absolute atomic E-state index is 0.0261. The fourth-order valence-electron chi connectivity index (χ4n) is 2.33. The van der Waals surface area contributed by atoms with Gasteiger partial charge in [0.1, 0.15) is 5.82 Å². The van der Waals surface area contributed by atoms with E-state index < -0.39 is 17.3 Å². The van der Waals surface area contributed by atoms with Crippen molar-refractivity contribution in [1.82, 2.24) is 0 Å². The van der Waals surface area contributed by atoms with Crippen LogP contribution in [0.1, 0.15) is 23.2 Å². The first-order valence-corrected chi connectivity index (χ1v) is 5.74. The molecule has 1 heterocycles. The molecule has 98 valence electrons. The molecule has 1 aliphatic heterocycles. The van der Waals surface area contributed by atoms with E-state index >= 15 is 0 Å². The number of aromatic carboxylic acids is 1. The lowest BCUT2D eigenvalue weighted by Crippen LogP contribution is -2.32. The maximum absolute atomic E-state index is 13.6. The van der Waals surface area contributed by atoms with Crippen LogP contribution in [0.25, 0.3) is 0 Å². The summed E-state index contributed by atoms with van der Waals surface area (Å²) in [6, 6.07) is 2.18. The summed E-state index contributed by atoms with van der Waals surface area (Å²) in [5, 5.41) is 18.0. The number of aliphatic hydroxyl groups is 1. The van der Waals surface area contributed by atoms with E-state index in [0.29, 0.717) is 12.2 Å². The zero-order valence-corrected chi connectivity index (χ0v) is 9.77. The van der Waals surface area contributed by atoms with Gasteiger partial charge in [0.25, 0.3) is 0 Å². The van der Waals surface area contributed by atoms with Gasteiger partial charge in [-0.1, -0.05) is 0 Å². The Bertz CT molecular complexity index is 479. The third-order valence-corrected chi connectivity index (χ3v) is 3.24. The van der Waals surface area contributed by atoms with Crippen LogP contribution in [-0.2, 0) is 0 Å². The van der Waals surface area contributed by atoms with Crippen LogP contribution in [0.4, 0.5) is 15.8 Å². The van der Waals surface area contributed by atoms with Gasteiger partial charge in [-0.05, 0) is 18.9 Å². The Hall–Kier alpha value is -1.82. The molecule has 0 amide bonds. The molecule has 4 N–H and O–H groups in total. The molecule has 1 aliphatic rings. The van der Waals surface area contributed by atoms with E-state index in [1.54, 1.807) is 0 Å². The van der Waals surface area contributed by atoms with Crippen molar-refractivity contribution < 1.29 is 19.4 Å². The third kappa shape index (κ3) is 2.11. The number of anilines is 2. The van der Waals surface area contributed by atoms with E-state index in [2.05, 4.69) is 0 Å². The fourth-order valence-corrected chi connectivity index (χ4v) is 2.33. The number of nitrogen functional groups attached to an aromatic ring is 1. The molecule has 5 nitrogen and oxygen atoms in total. The highest BCUT2D eigenvalue weighted by molar-refractivity contribution is 5.91. The van der Waals surface area contributed by atoms with E-state index in [4.69, 9.17) is 10.8 Å². The molecule has 0 aliphatic carbocycles. The first kappa shape index (κ1) is 12.6. The second kappa shape index (κ2) is 4.81. The Kier molecular flexibility index (Phi) is 3.38. The lowest BCUT2D eigenvalue weighted by molar-refractivity contribution is 0.0692. The number of aliphatic hydroxyl groups excluding tert-OH is 1. The predicted octanol–water partition coefficient (Wildman–Crippen LogP) is 1.07. The number of rotatable bonds is 3. The van der Waals surface area contributed by atoms with Crippen LogP contribution in [0, 0.1) is 5.82 Å². The Morgan fingerprint density at radius 2 is 2.28 bits per heavy atom. The average molecular weight is 254 g/mol. The van der Waals surface area contributed by atoms with Crippen LogP contribution in [0.15, 0.2) is 12.1 Å². The van der Waals surface area contributed by atoms with Gasteiger partial charge in [0, 0.05) is 12.6 Å². The molecule has 1 aromatic rings. The molecule has 6 heteroatoms. The molecule has 0 bridgehead atoms. The van der Waals surface area contributed by atoms with Crippen molar-refractivity contribution >= 4 is 17.3 Å². The van der Waals surface area contributed by atoms with Gasteiger partial charge in [0.15, 0.2) is 0 Å². The zero-order chi connectivity index (χ0) is 13.3. The standard InChI is InChI=1S/C12H15FN2O3/c13-9-5-11(10(14)4-8(9)12(17)18)15-3-1-2-7(15)6-16/h4-5,7,16H,1-3,6,14H2,(H,17,18). The number of halogens is 1. The molecule has 0 aromatic heterocycles. The summed E-state index contributed by atoms with van der Waals surface area (Å²) in [5.41, 5.74) is 6.01. The molecule has 0 saturated carbocycles. The highest BCUT2D eigenvalue weighted by atomic mass is 19.1. The fraction of sp³-hybridized carbons (Fsp3) is 0.417. The van der Waals surface area contributed by atoms with Gasteiger partial charge in [-0.3, -0.25) is 0 Å². The summed E-state index contributed by atoms with van der Waals surface area (Å²) in [6.45, 7) is 0.656. The SMILES string of the molecule is Nc1cc(C(=O)O)c(F)cc1N1CCCC1CO. The van der Waals surface area contributed by atoms with Crippen molar-refractivity contribution in [2.45, 2.75) is 18.9 Å². The normalized spacial score (nSPS) is 19.2. The minimum atomic E-state index is -1.34. The van der Waals surface area contributed by atoms with E-state index in [-0.39, 0.29) is 18.3 Å². The van der Waals surface area contributed by atoms with Crippen LogP contribution < -0.4 is 10.6 Å². The molecule has 1 aromatic carbocycles. The van der Waals surface area contributed by atoms with Crippen LogP contribution in [0.5, 0.6) is 0 Å². The number of nitrogens with two attached hydrogens (primary N) is 1. The first-order valence-electron chi connectivity index (χ1n) is 5.74. The first-order chi connectivity index (χ1) is 8.54. The summed E-state index contributed by atoms with van der Waals surface area (Å²) < 4.78 is 13.6. The Balaban J connectivity index is 2.40. The van der Waals surface area contributed by atoms with Crippen LogP contribution >= 0.6 is 0 Å². The van der Waals surface area contributed by atoms with Crippen molar-refractivity contribution in [3.63, 3.8) is 0 Å². The minimum Gasteiger partial charge on any atom is -0.478 e. The number of hydrogen-bond donors (Lipinski definition) is 3. The highest BCUT2D eigenvalue weighted by Gasteiger charge is 2.26. The zero-order valence-electron chi connectivity index (χ0n) is 9.77. The number of benzene rings is 1. The second-order valence-electron chi connectivity index (χ2n) is 4.37. The molecule has 1 saturated heterocycles. The Morgan fingerprint density at radius 3 is 2.89 bits per heavy atom. The maximum Gasteiger partial charge on any atom is 0.338 e. The maximum atomic E-state index is 13.6. The second-order valence-corrected chi connectivity index (χ2v) is 4.37. The molecule has 0 radical (unpaired) electrons. The molecule has 1 unspecified atom stereocenters. The van der Waals surface area contributed by atoms with Crippen LogP contribution in [0.2, 0.25) is 0 Å². The van der Waals surface area contributed by atoms with E-state index in [1.807, 2.05) is 4.90 Å². The summed E-state index contributed by atoms with van der Waals surface area (Å²) in [6.07, 6.45) is 1.71. The topological polar surface area (TPSA) is 86.8 Å². The Morgan fingerprint density at radius 1 is 1.56 bits per heavy atom.